The number of benzene rings is 1. The Bertz CT molecular complexity index is 505. The van der Waals surface area contributed by atoms with Crippen molar-refractivity contribution < 1.29 is 13.9 Å². The Hall–Kier alpha value is -1.62. The average Bonchev–Trinajstić information content (AvgIpc) is 2.36. The first kappa shape index (κ1) is 15.8. The van der Waals surface area contributed by atoms with Crippen molar-refractivity contribution in [1.29, 1.82) is 0 Å². The highest BCUT2D eigenvalue weighted by Crippen LogP contribution is 2.21. The van der Waals surface area contributed by atoms with Gasteiger partial charge in [0.25, 0.3) is 0 Å². The molecule has 1 saturated heterocycles. The maximum atomic E-state index is 13.5. The Balaban J connectivity index is 2.08. The number of carbonyl (C=O) groups is 1. The summed E-state index contributed by atoms with van der Waals surface area (Å²) in [6.45, 7) is 9.15. The van der Waals surface area contributed by atoms with Crippen molar-refractivity contribution in [2.75, 3.05) is 19.6 Å². The quantitative estimate of drug-likeness (QED) is 0.865. The number of ether oxygens (including phenoxy) is 1. The van der Waals surface area contributed by atoms with Gasteiger partial charge in [0.2, 0.25) is 0 Å². The number of hydrogen-bond acceptors (Lipinski definition) is 3. The van der Waals surface area contributed by atoms with Crippen LogP contribution in [0, 0.1) is 12.7 Å². The molecule has 0 aromatic heterocycles. The summed E-state index contributed by atoms with van der Waals surface area (Å²) in [6.07, 6.45) is -0.317. The van der Waals surface area contributed by atoms with Crippen molar-refractivity contribution in [2.45, 2.75) is 39.3 Å². The number of halogens is 1. The molecule has 1 fully saturated rings. The second-order valence-corrected chi connectivity index (χ2v) is 6.49. The molecular weight excluding hydrogens is 271 g/mol. The molecule has 0 bridgehead atoms. The zero-order chi connectivity index (χ0) is 15.6. The van der Waals surface area contributed by atoms with Gasteiger partial charge < -0.3 is 15.0 Å². The first-order chi connectivity index (χ1) is 9.74. The third kappa shape index (κ3) is 4.43. The van der Waals surface area contributed by atoms with Gasteiger partial charge in [0.15, 0.2) is 0 Å². The maximum absolute atomic E-state index is 13.5. The standard InChI is InChI=1S/C16H23FN2O2/c1-11-7-12(9-13(17)8-11)14-10-19(6-5-18-14)15(20)21-16(2,3)4/h7-9,14,18H,5-6,10H2,1-4H3. The lowest BCUT2D eigenvalue weighted by Crippen LogP contribution is -2.49. The lowest BCUT2D eigenvalue weighted by Gasteiger charge is -2.35. The number of piperazine rings is 1. The van der Waals surface area contributed by atoms with E-state index in [9.17, 15) is 9.18 Å². The molecule has 1 N–H and O–H groups in total. The van der Waals surface area contributed by atoms with Crippen molar-refractivity contribution in [2.24, 2.45) is 0 Å². The van der Waals surface area contributed by atoms with Crippen molar-refractivity contribution in [3.63, 3.8) is 0 Å². The predicted molar refractivity (Wildman–Crippen MR) is 79.7 cm³/mol. The molecule has 1 aliphatic heterocycles. The largest absolute Gasteiger partial charge is 0.444 e. The fraction of sp³-hybridized carbons (Fsp3) is 0.562. The van der Waals surface area contributed by atoms with Crippen LogP contribution in [0.15, 0.2) is 18.2 Å². The molecule has 1 amide bonds. The molecule has 116 valence electrons. The third-order valence-electron chi connectivity index (χ3n) is 3.29. The van der Waals surface area contributed by atoms with Crippen molar-refractivity contribution in [1.82, 2.24) is 10.2 Å². The summed E-state index contributed by atoms with van der Waals surface area (Å²) in [5.74, 6) is -0.249. The SMILES string of the molecule is Cc1cc(F)cc(C2CN(C(=O)OC(C)(C)C)CCN2)c1. The zero-order valence-corrected chi connectivity index (χ0v) is 13.1. The van der Waals surface area contributed by atoms with Crippen LogP contribution >= 0.6 is 0 Å². The molecule has 1 aromatic carbocycles. The van der Waals surface area contributed by atoms with Crippen molar-refractivity contribution in [3.05, 3.63) is 35.1 Å². The van der Waals surface area contributed by atoms with E-state index in [-0.39, 0.29) is 18.0 Å². The second kappa shape index (κ2) is 6.02. The van der Waals surface area contributed by atoms with Crippen LogP contribution in [0.4, 0.5) is 9.18 Å². The highest BCUT2D eigenvalue weighted by atomic mass is 19.1. The summed E-state index contributed by atoms with van der Waals surface area (Å²) in [5, 5.41) is 3.32. The van der Waals surface area contributed by atoms with Crippen molar-refractivity contribution >= 4 is 6.09 Å². The van der Waals surface area contributed by atoms with E-state index in [4.69, 9.17) is 4.74 Å². The molecule has 1 unspecified atom stereocenters. The average molecular weight is 294 g/mol. The number of aryl methyl sites for hydroxylation is 1. The Labute approximate surface area is 125 Å². The minimum Gasteiger partial charge on any atom is -0.444 e. The number of rotatable bonds is 1. The Morgan fingerprint density at radius 3 is 2.71 bits per heavy atom. The summed E-state index contributed by atoms with van der Waals surface area (Å²) >= 11 is 0. The second-order valence-electron chi connectivity index (χ2n) is 6.49. The lowest BCUT2D eigenvalue weighted by molar-refractivity contribution is 0.0195. The van der Waals surface area contributed by atoms with Crippen LogP contribution in [0.2, 0.25) is 0 Å². The van der Waals surface area contributed by atoms with Gasteiger partial charge in [-0.3, -0.25) is 0 Å². The number of hydrogen-bond donors (Lipinski definition) is 1. The molecule has 21 heavy (non-hydrogen) atoms. The molecule has 0 radical (unpaired) electrons. The van der Waals surface area contributed by atoms with E-state index in [1.807, 2.05) is 33.8 Å². The molecule has 1 atom stereocenters. The van der Waals surface area contributed by atoms with Gasteiger partial charge in [0, 0.05) is 19.6 Å². The van der Waals surface area contributed by atoms with Crippen LogP contribution in [0.5, 0.6) is 0 Å². The van der Waals surface area contributed by atoms with E-state index in [0.717, 1.165) is 11.1 Å². The predicted octanol–water partition coefficient (Wildman–Crippen LogP) is 3.02. The van der Waals surface area contributed by atoms with Gasteiger partial charge in [-0.25, -0.2) is 9.18 Å². The molecular formula is C16H23FN2O2. The summed E-state index contributed by atoms with van der Waals surface area (Å²) in [4.78, 5) is 13.8. The summed E-state index contributed by atoms with van der Waals surface area (Å²) in [7, 11) is 0. The van der Waals surface area contributed by atoms with E-state index in [2.05, 4.69) is 5.32 Å². The Kier molecular flexibility index (Phi) is 4.52. The van der Waals surface area contributed by atoms with E-state index in [1.165, 1.54) is 12.1 Å². The van der Waals surface area contributed by atoms with Gasteiger partial charge in [0.1, 0.15) is 11.4 Å². The number of nitrogens with one attached hydrogen (secondary N) is 1. The monoisotopic (exact) mass is 294 g/mol. The molecule has 0 aliphatic carbocycles. The van der Waals surface area contributed by atoms with Crippen molar-refractivity contribution in [3.8, 4) is 0 Å². The Morgan fingerprint density at radius 2 is 2.10 bits per heavy atom. The molecule has 4 nitrogen and oxygen atoms in total. The molecule has 1 aliphatic rings. The Morgan fingerprint density at radius 1 is 1.38 bits per heavy atom. The number of amides is 1. The van der Waals surface area contributed by atoms with Crippen LogP contribution in [0.25, 0.3) is 0 Å². The topological polar surface area (TPSA) is 41.6 Å². The molecule has 1 aromatic rings. The zero-order valence-electron chi connectivity index (χ0n) is 13.1. The smallest absolute Gasteiger partial charge is 0.410 e. The van der Waals surface area contributed by atoms with Gasteiger partial charge in [-0.15, -0.1) is 0 Å². The normalized spacial score (nSPS) is 19.5. The van der Waals surface area contributed by atoms with Gasteiger partial charge in [-0.2, -0.15) is 0 Å². The first-order valence-corrected chi connectivity index (χ1v) is 7.23. The molecule has 5 heteroatoms. The highest BCUT2D eigenvalue weighted by Gasteiger charge is 2.28. The van der Waals surface area contributed by atoms with E-state index < -0.39 is 5.60 Å². The molecule has 1 heterocycles. The fourth-order valence-electron chi connectivity index (χ4n) is 2.43. The van der Waals surface area contributed by atoms with Crippen LogP contribution in [0.3, 0.4) is 0 Å². The highest BCUT2D eigenvalue weighted by molar-refractivity contribution is 5.68. The van der Waals surface area contributed by atoms with Gasteiger partial charge >= 0.3 is 6.09 Å². The van der Waals surface area contributed by atoms with Gasteiger partial charge in [-0.05, 0) is 51.0 Å². The fourth-order valence-corrected chi connectivity index (χ4v) is 2.43. The van der Waals surface area contributed by atoms with Crippen LogP contribution in [0.1, 0.15) is 37.9 Å². The van der Waals surface area contributed by atoms with Crippen LogP contribution in [-0.4, -0.2) is 36.2 Å². The maximum Gasteiger partial charge on any atom is 0.410 e. The third-order valence-corrected chi connectivity index (χ3v) is 3.29. The molecule has 0 saturated carbocycles. The number of carbonyl (C=O) groups excluding carboxylic acids is 1. The van der Waals surface area contributed by atoms with Gasteiger partial charge in [-0.1, -0.05) is 6.07 Å². The summed E-state index contributed by atoms with van der Waals surface area (Å²) in [5.41, 5.74) is 1.23. The summed E-state index contributed by atoms with van der Waals surface area (Å²) < 4.78 is 18.9. The molecule has 0 spiro atoms. The molecule has 2 rings (SSSR count). The van der Waals surface area contributed by atoms with Crippen LogP contribution in [-0.2, 0) is 4.74 Å². The minimum absolute atomic E-state index is 0.0688. The van der Waals surface area contributed by atoms with E-state index in [1.54, 1.807) is 4.90 Å². The van der Waals surface area contributed by atoms with E-state index >= 15 is 0 Å². The van der Waals surface area contributed by atoms with Gasteiger partial charge in [0.05, 0.1) is 6.04 Å². The lowest BCUT2D eigenvalue weighted by atomic mass is 10.0. The summed E-state index contributed by atoms with van der Waals surface area (Å²) in [6, 6.07) is 4.89. The number of nitrogens with zero attached hydrogens (tertiary/aromatic N) is 1. The first-order valence-electron chi connectivity index (χ1n) is 7.23. The van der Waals surface area contributed by atoms with Crippen LogP contribution < -0.4 is 5.32 Å². The minimum atomic E-state index is -0.507. The van der Waals surface area contributed by atoms with E-state index in [0.29, 0.717) is 19.6 Å².